The first kappa shape index (κ1) is 31.8. The van der Waals surface area contributed by atoms with Crippen molar-refractivity contribution >= 4 is 31.3 Å². The fourth-order valence-corrected chi connectivity index (χ4v) is 5.42. The Bertz CT molecular complexity index is 1620. The quantitative estimate of drug-likeness (QED) is 0.0478. The lowest BCUT2D eigenvalue weighted by Crippen LogP contribution is -2.86. The summed E-state index contributed by atoms with van der Waals surface area (Å²) < 4.78 is 20.5. The summed E-state index contributed by atoms with van der Waals surface area (Å²) in [5.41, 5.74) is -6.77. The van der Waals surface area contributed by atoms with Crippen LogP contribution in [0.25, 0.3) is 0 Å². The van der Waals surface area contributed by atoms with E-state index in [2.05, 4.69) is 5.32 Å². The summed E-state index contributed by atoms with van der Waals surface area (Å²) in [7, 11) is 5.83. The number of halogens is 1. The van der Waals surface area contributed by atoms with E-state index in [1.54, 1.807) is 4.90 Å². The van der Waals surface area contributed by atoms with Crippen LogP contribution in [0.4, 0.5) is 10.1 Å². The molecule has 5 rings (SSSR count). The topological polar surface area (TPSA) is 293 Å². The smallest absolute Gasteiger partial charge is 0.303 e. The summed E-state index contributed by atoms with van der Waals surface area (Å²) in [6.45, 7) is -0.617. The highest BCUT2D eigenvalue weighted by Crippen LogP contribution is 2.52. The van der Waals surface area contributed by atoms with Gasteiger partial charge in [0.05, 0.1) is 35.6 Å². The number of aliphatic hydroxyl groups is 4. The molecule has 3 heterocycles. The summed E-state index contributed by atoms with van der Waals surface area (Å²) in [4.78, 5) is 39.8. The molecule has 3 amide bonds. The van der Waals surface area contributed by atoms with Crippen LogP contribution in [0.3, 0.4) is 0 Å². The van der Waals surface area contributed by atoms with Crippen molar-refractivity contribution in [3.63, 3.8) is 0 Å². The van der Waals surface area contributed by atoms with Crippen molar-refractivity contribution in [1.82, 2.24) is 15.1 Å². The second-order valence-corrected chi connectivity index (χ2v) is 10.6. The van der Waals surface area contributed by atoms with Gasteiger partial charge in [-0.1, -0.05) is 0 Å². The highest BCUT2D eigenvalue weighted by molar-refractivity contribution is 6.34. The van der Waals surface area contributed by atoms with Gasteiger partial charge in [0, 0.05) is 38.3 Å². The van der Waals surface area contributed by atoms with E-state index in [0.717, 1.165) is 0 Å². The summed E-state index contributed by atoms with van der Waals surface area (Å²) in [6, 6.07) is 0. The average Bonchev–Trinajstić information content (AvgIpc) is 3.34. The molecule has 18 nitrogen and oxygen atoms in total. The van der Waals surface area contributed by atoms with E-state index >= 15 is 4.39 Å². The molecule has 0 aromatic heterocycles. The fraction of sp³-hybridized carbons (Fsp3) is 0.400. The maximum absolute atomic E-state index is 15.3. The Morgan fingerprint density at radius 3 is 2.07 bits per heavy atom. The second kappa shape index (κ2) is 10.5. The number of benzene rings is 2. The molecule has 0 spiro atoms. The third kappa shape index (κ3) is 4.36. The van der Waals surface area contributed by atoms with E-state index in [1.807, 2.05) is 0 Å². The number of carbonyl (C=O) groups excluding carboxylic acids is 3. The standard InChI is InChI=1S/C25H26BFN4O14/c26-23(21(39)29-22(40)24(41,42)25(23,43)44)31-7-9-11(20(31)38)17(35)19(37)18(36)13(9)28-5-8-12(27)14(32)10(16(34)15(8)33)6-30-1-3-45-4-2-30/h28,32-37,41-44H,1-7H2,(H,29,39,40). The minimum absolute atomic E-state index is 0.0839. The number of nitrogens with zero attached hydrogens (tertiary/aromatic N) is 2. The molecule has 12 N–H and O–H groups in total. The van der Waals surface area contributed by atoms with Crippen LogP contribution in [0.1, 0.15) is 27.0 Å². The number of hydrogen-bond acceptors (Lipinski definition) is 16. The molecule has 0 aliphatic carbocycles. The first-order chi connectivity index (χ1) is 20.9. The summed E-state index contributed by atoms with van der Waals surface area (Å²) in [5.74, 6) is -21.9. The van der Waals surface area contributed by atoms with E-state index < -0.39 is 111 Å². The number of hydrogen-bond donors (Lipinski definition) is 12. The van der Waals surface area contributed by atoms with Crippen molar-refractivity contribution in [2.45, 2.75) is 36.6 Å². The maximum atomic E-state index is 15.3. The number of amides is 3. The van der Waals surface area contributed by atoms with E-state index in [9.17, 15) is 65.4 Å². The Labute approximate surface area is 252 Å². The first-order valence-corrected chi connectivity index (χ1v) is 13.0. The van der Waals surface area contributed by atoms with Gasteiger partial charge in [0.2, 0.25) is 11.7 Å². The first-order valence-electron chi connectivity index (χ1n) is 13.0. The molecule has 0 bridgehead atoms. The normalized spacial score (nSPS) is 22.8. The van der Waals surface area contributed by atoms with E-state index in [1.165, 1.54) is 5.32 Å². The number of piperidine rings is 1. The van der Waals surface area contributed by atoms with E-state index in [0.29, 0.717) is 26.3 Å². The molecular weight excluding hydrogens is 610 g/mol. The van der Waals surface area contributed by atoms with Crippen molar-refractivity contribution in [1.29, 1.82) is 0 Å². The van der Waals surface area contributed by atoms with Crippen LogP contribution in [0.15, 0.2) is 0 Å². The molecule has 2 aromatic rings. The highest BCUT2D eigenvalue weighted by atomic mass is 19.1. The minimum Gasteiger partial charge on any atom is -0.504 e. The Hall–Kier alpha value is -4.60. The van der Waals surface area contributed by atoms with Gasteiger partial charge in [-0.2, -0.15) is 0 Å². The number of aromatic hydroxyl groups is 6. The average molecular weight is 636 g/mol. The molecule has 0 saturated carbocycles. The second-order valence-electron chi connectivity index (χ2n) is 10.6. The number of ether oxygens (including phenoxy) is 1. The van der Waals surface area contributed by atoms with Crippen molar-refractivity contribution in [3.05, 3.63) is 28.1 Å². The van der Waals surface area contributed by atoms with E-state index in [4.69, 9.17) is 12.6 Å². The van der Waals surface area contributed by atoms with Crippen molar-refractivity contribution in [2.24, 2.45) is 0 Å². The third-order valence-corrected chi connectivity index (χ3v) is 8.12. The number of morpholine rings is 1. The SMILES string of the molecule is [B]C1(N2Cc3c(NCc4c(O)c(O)c(CN5CCOCC5)c(O)c4F)c(O)c(O)c(O)c3C2=O)C(=O)NC(=O)C(O)(O)C1(O)O. The molecule has 2 fully saturated rings. The number of fused-ring (bicyclic) bond motifs is 1. The number of phenolic OH excluding ortho intramolecular Hbond substituents is 6. The van der Waals surface area contributed by atoms with Gasteiger partial charge < -0.3 is 66.0 Å². The number of phenols is 6. The highest BCUT2D eigenvalue weighted by Gasteiger charge is 2.73. The Balaban J connectivity index is 1.52. The molecule has 2 aromatic carbocycles. The lowest BCUT2D eigenvalue weighted by Gasteiger charge is -2.52. The Morgan fingerprint density at radius 1 is 0.844 bits per heavy atom. The molecule has 2 saturated heterocycles. The van der Waals surface area contributed by atoms with E-state index in [-0.39, 0.29) is 17.0 Å². The minimum atomic E-state index is -4.28. The predicted octanol–water partition coefficient (Wildman–Crippen LogP) is -3.66. The van der Waals surface area contributed by atoms with Crippen LogP contribution < -0.4 is 10.6 Å². The number of rotatable bonds is 6. The molecule has 3 aliphatic rings. The number of carbonyl (C=O) groups is 3. The van der Waals surface area contributed by atoms with Crippen molar-refractivity contribution in [2.75, 3.05) is 31.6 Å². The van der Waals surface area contributed by atoms with Crippen LogP contribution >= 0.6 is 0 Å². The molecule has 2 radical (unpaired) electrons. The Morgan fingerprint density at radius 2 is 1.44 bits per heavy atom. The number of nitrogens with one attached hydrogen (secondary N) is 2. The lowest BCUT2D eigenvalue weighted by atomic mass is 9.63. The van der Waals surface area contributed by atoms with Crippen LogP contribution in [0, 0.1) is 5.82 Å². The van der Waals surface area contributed by atoms with Gasteiger partial charge in [-0.25, -0.2) is 4.39 Å². The zero-order chi connectivity index (χ0) is 33.4. The Kier molecular flexibility index (Phi) is 7.42. The lowest BCUT2D eigenvalue weighted by molar-refractivity contribution is -0.362. The summed E-state index contributed by atoms with van der Waals surface area (Å²) >= 11 is 0. The monoisotopic (exact) mass is 636 g/mol. The van der Waals surface area contributed by atoms with Crippen LogP contribution in [0.5, 0.6) is 34.5 Å². The predicted molar refractivity (Wildman–Crippen MR) is 142 cm³/mol. The zero-order valence-electron chi connectivity index (χ0n) is 22.9. The number of anilines is 1. The molecular formula is C25H26BFN4O14. The van der Waals surface area contributed by atoms with Gasteiger partial charge in [0.1, 0.15) is 13.3 Å². The van der Waals surface area contributed by atoms with Crippen LogP contribution in [-0.2, 0) is 34.0 Å². The third-order valence-electron chi connectivity index (χ3n) is 8.12. The molecule has 3 aliphatic heterocycles. The summed E-state index contributed by atoms with van der Waals surface area (Å²) in [6.07, 6.45) is 0. The van der Waals surface area contributed by atoms with Gasteiger partial charge >= 0.3 is 5.79 Å². The molecule has 1 unspecified atom stereocenters. The zero-order valence-corrected chi connectivity index (χ0v) is 22.9. The van der Waals surface area contributed by atoms with Gasteiger partial charge in [-0.3, -0.25) is 24.6 Å². The molecule has 45 heavy (non-hydrogen) atoms. The molecule has 1 atom stereocenters. The largest absolute Gasteiger partial charge is 0.504 e. The van der Waals surface area contributed by atoms with Crippen LogP contribution in [0.2, 0.25) is 0 Å². The fourth-order valence-electron chi connectivity index (χ4n) is 5.42. The van der Waals surface area contributed by atoms with Crippen molar-refractivity contribution < 1.29 is 74.6 Å². The molecule has 240 valence electrons. The van der Waals surface area contributed by atoms with Gasteiger partial charge in [-0.05, 0) is 0 Å². The summed E-state index contributed by atoms with van der Waals surface area (Å²) in [5, 5.41) is 108. The van der Waals surface area contributed by atoms with Gasteiger partial charge in [0.25, 0.3) is 17.6 Å². The van der Waals surface area contributed by atoms with Crippen molar-refractivity contribution in [3.8, 4) is 34.5 Å². The van der Waals surface area contributed by atoms with Gasteiger partial charge in [-0.15, -0.1) is 0 Å². The molecule has 20 heteroatoms. The maximum Gasteiger partial charge on any atom is 0.303 e. The van der Waals surface area contributed by atoms with Gasteiger partial charge in [0.15, 0.2) is 34.6 Å². The van der Waals surface area contributed by atoms with Crippen LogP contribution in [-0.4, -0.2) is 130 Å². The number of imide groups is 1.